The van der Waals surface area contributed by atoms with Crippen molar-refractivity contribution in [2.45, 2.75) is 32.2 Å². The second-order valence-electron chi connectivity index (χ2n) is 4.97. The number of nitrogens with zero attached hydrogens (tertiary/aromatic N) is 1. The van der Waals surface area contributed by atoms with Gasteiger partial charge in [0.2, 0.25) is 5.91 Å². The van der Waals surface area contributed by atoms with Crippen molar-refractivity contribution in [3.8, 4) is 0 Å². The van der Waals surface area contributed by atoms with Crippen LogP contribution in [0.3, 0.4) is 0 Å². The van der Waals surface area contributed by atoms with Gasteiger partial charge in [-0.05, 0) is 48.6 Å². The lowest BCUT2D eigenvalue weighted by Crippen LogP contribution is -2.22. The smallest absolute Gasteiger partial charge is 0.220 e. The maximum absolute atomic E-state index is 12.7. The van der Waals surface area contributed by atoms with Gasteiger partial charge < -0.3 is 5.32 Å². The average molecular weight is 286 g/mol. The molecule has 2 rings (SSSR count). The molecule has 1 N–H and O–H groups in total. The molecule has 0 unspecified atom stereocenters. The summed E-state index contributed by atoms with van der Waals surface area (Å²) in [6, 6.07) is 10.3. The minimum atomic E-state index is -0.214. The SMILES string of the molecule is O=C(CCCCc1ccc(F)cc1)NCc1cccnc1. The molecule has 0 fully saturated rings. The largest absolute Gasteiger partial charge is 0.352 e. The van der Waals surface area contributed by atoms with Crippen molar-refractivity contribution in [3.63, 3.8) is 0 Å². The van der Waals surface area contributed by atoms with E-state index >= 15 is 0 Å². The van der Waals surface area contributed by atoms with Gasteiger partial charge in [-0.2, -0.15) is 0 Å². The molecule has 0 aliphatic carbocycles. The third-order valence-corrected chi connectivity index (χ3v) is 3.25. The fraction of sp³-hybridized carbons (Fsp3) is 0.294. The van der Waals surface area contributed by atoms with Gasteiger partial charge >= 0.3 is 0 Å². The molecule has 3 nitrogen and oxygen atoms in total. The monoisotopic (exact) mass is 286 g/mol. The summed E-state index contributed by atoms with van der Waals surface area (Å²) in [5, 5.41) is 2.88. The van der Waals surface area contributed by atoms with E-state index in [0.29, 0.717) is 13.0 Å². The highest BCUT2D eigenvalue weighted by molar-refractivity contribution is 5.75. The number of halogens is 1. The first-order valence-electron chi connectivity index (χ1n) is 7.14. The number of hydrogen-bond acceptors (Lipinski definition) is 2. The average Bonchev–Trinajstić information content (AvgIpc) is 2.52. The lowest BCUT2D eigenvalue weighted by Gasteiger charge is -2.05. The van der Waals surface area contributed by atoms with Crippen molar-refractivity contribution >= 4 is 5.91 Å². The molecule has 0 radical (unpaired) electrons. The summed E-state index contributed by atoms with van der Waals surface area (Å²) in [5.74, 6) is -0.161. The van der Waals surface area contributed by atoms with Gasteiger partial charge in [0.25, 0.3) is 0 Å². The molecule has 4 heteroatoms. The molecule has 1 aromatic heterocycles. The van der Waals surface area contributed by atoms with Gasteiger partial charge in [-0.3, -0.25) is 9.78 Å². The summed E-state index contributed by atoms with van der Waals surface area (Å²) >= 11 is 0. The Balaban J connectivity index is 1.60. The summed E-state index contributed by atoms with van der Waals surface area (Å²) in [6.07, 6.45) is 6.59. The third kappa shape index (κ3) is 5.73. The minimum absolute atomic E-state index is 0.0537. The summed E-state index contributed by atoms with van der Waals surface area (Å²) < 4.78 is 12.7. The highest BCUT2D eigenvalue weighted by Crippen LogP contribution is 2.08. The molecule has 0 bridgehead atoms. The Kier molecular flexibility index (Phi) is 5.88. The van der Waals surface area contributed by atoms with Crippen LogP contribution in [0.1, 0.15) is 30.4 Å². The summed E-state index contributed by atoms with van der Waals surface area (Å²) in [5.41, 5.74) is 2.10. The second-order valence-corrected chi connectivity index (χ2v) is 4.97. The van der Waals surface area contributed by atoms with E-state index in [1.54, 1.807) is 24.5 Å². The van der Waals surface area contributed by atoms with Crippen molar-refractivity contribution in [2.24, 2.45) is 0 Å². The third-order valence-electron chi connectivity index (χ3n) is 3.25. The molecule has 1 amide bonds. The Hall–Kier alpha value is -2.23. The summed E-state index contributed by atoms with van der Waals surface area (Å²) in [7, 11) is 0. The molecule has 0 spiro atoms. The quantitative estimate of drug-likeness (QED) is 0.794. The first-order chi connectivity index (χ1) is 10.2. The Morgan fingerprint density at radius 2 is 1.90 bits per heavy atom. The van der Waals surface area contributed by atoms with Crippen molar-refractivity contribution in [1.82, 2.24) is 10.3 Å². The Morgan fingerprint density at radius 1 is 1.10 bits per heavy atom. The van der Waals surface area contributed by atoms with Gasteiger partial charge in [-0.25, -0.2) is 4.39 Å². The van der Waals surface area contributed by atoms with Gasteiger partial charge in [0.05, 0.1) is 0 Å². The first-order valence-corrected chi connectivity index (χ1v) is 7.14. The van der Waals surface area contributed by atoms with E-state index in [9.17, 15) is 9.18 Å². The van der Waals surface area contributed by atoms with Crippen molar-refractivity contribution in [1.29, 1.82) is 0 Å². The minimum Gasteiger partial charge on any atom is -0.352 e. The van der Waals surface area contributed by atoms with Crippen LogP contribution in [0, 0.1) is 5.82 Å². The molecule has 110 valence electrons. The van der Waals surface area contributed by atoms with Crippen LogP contribution in [0.4, 0.5) is 4.39 Å². The molecule has 0 saturated heterocycles. The fourth-order valence-electron chi connectivity index (χ4n) is 2.06. The molecule has 0 aliphatic rings. The van der Waals surface area contributed by atoms with Crippen LogP contribution in [-0.4, -0.2) is 10.9 Å². The van der Waals surface area contributed by atoms with Crippen LogP contribution in [0.2, 0.25) is 0 Å². The van der Waals surface area contributed by atoms with Gasteiger partial charge in [-0.1, -0.05) is 18.2 Å². The molecule has 0 saturated carbocycles. The number of carbonyl (C=O) groups is 1. The van der Waals surface area contributed by atoms with Crippen molar-refractivity contribution < 1.29 is 9.18 Å². The number of unbranched alkanes of at least 4 members (excludes halogenated alkanes) is 1. The number of aryl methyl sites for hydroxylation is 1. The second kappa shape index (κ2) is 8.15. The maximum atomic E-state index is 12.7. The number of hydrogen-bond donors (Lipinski definition) is 1. The Bertz CT molecular complexity index is 555. The molecular formula is C17H19FN2O. The van der Waals surface area contributed by atoms with E-state index in [1.807, 2.05) is 12.1 Å². The molecule has 0 atom stereocenters. The van der Waals surface area contributed by atoms with Gasteiger partial charge in [0, 0.05) is 25.4 Å². The topological polar surface area (TPSA) is 42.0 Å². The van der Waals surface area contributed by atoms with E-state index in [2.05, 4.69) is 10.3 Å². The van der Waals surface area contributed by atoms with Crippen LogP contribution in [0.15, 0.2) is 48.8 Å². The van der Waals surface area contributed by atoms with Gasteiger partial charge in [0.1, 0.15) is 5.82 Å². The molecule has 2 aromatic rings. The van der Waals surface area contributed by atoms with E-state index < -0.39 is 0 Å². The lowest BCUT2D eigenvalue weighted by molar-refractivity contribution is -0.121. The summed E-state index contributed by atoms with van der Waals surface area (Å²) in [6.45, 7) is 0.518. The highest BCUT2D eigenvalue weighted by Gasteiger charge is 2.02. The van der Waals surface area contributed by atoms with E-state index in [0.717, 1.165) is 30.4 Å². The number of rotatable bonds is 7. The Morgan fingerprint density at radius 3 is 2.62 bits per heavy atom. The maximum Gasteiger partial charge on any atom is 0.220 e. The van der Waals surface area contributed by atoms with E-state index in [1.165, 1.54) is 12.1 Å². The normalized spacial score (nSPS) is 10.3. The molecular weight excluding hydrogens is 267 g/mol. The van der Waals surface area contributed by atoms with Crippen LogP contribution in [0.25, 0.3) is 0 Å². The molecule has 0 aliphatic heterocycles. The Labute approximate surface area is 124 Å². The van der Waals surface area contributed by atoms with E-state index in [4.69, 9.17) is 0 Å². The number of benzene rings is 1. The van der Waals surface area contributed by atoms with Crippen molar-refractivity contribution in [2.75, 3.05) is 0 Å². The van der Waals surface area contributed by atoms with Crippen molar-refractivity contribution in [3.05, 3.63) is 65.7 Å². The van der Waals surface area contributed by atoms with Gasteiger partial charge in [0.15, 0.2) is 0 Å². The standard InChI is InChI=1S/C17H19FN2O/c18-16-9-7-14(8-10-16)4-1-2-6-17(21)20-13-15-5-3-11-19-12-15/h3,5,7-12H,1-2,4,6,13H2,(H,20,21). The van der Waals surface area contributed by atoms with Crippen LogP contribution in [0.5, 0.6) is 0 Å². The lowest BCUT2D eigenvalue weighted by atomic mass is 10.1. The number of carbonyl (C=O) groups excluding carboxylic acids is 1. The molecule has 1 aromatic carbocycles. The van der Waals surface area contributed by atoms with Crippen LogP contribution < -0.4 is 5.32 Å². The van der Waals surface area contributed by atoms with Gasteiger partial charge in [-0.15, -0.1) is 0 Å². The predicted octanol–water partition coefficient (Wildman–Crippen LogP) is 3.25. The molecule has 21 heavy (non-hydrogen) atoms. The predicted molar refractivity (Wildman–Crippen MR) is 80.0 cm³/mol. The zero-order valence-corrected chi connectivity index (χ0v) is 11.9. The number of nitrogens with one attached hydrogen (secondary N) is 1. The number of amides is 1. The van der Waals surface area contributed by atoms with Crippen LogP contribution >= 0.6 is 0 Å². The summed E-state index contributed by atoms with van der Waals surface area (Å²) in [4.78, 5) is 15.7. The number of aromatic nitrogens is 1. The highest BCUT2D eigenvalue weighted by atomic mass is 19.1. The van der Waals surface area contributed by atoms with E-state index in [-0.39, 0.29) is 11.7 Å². The first kappa shape index (κ1) is 15.2. The zero-order valence-electron chi connectivity index (χ0n) is 11.9. The molecule has 1 heterocycles. The number of pyridine rings is 1. The zero-order chi connectivity index (χ0) is 14.9. The van der Waals surface area contributed by atoms with Crippen LogP contribution in [-0.2, 0) is 17.8 Å². The fourth-order valence-corrected chi connectivity index (χ4v) is 2.06.